The van der Waals surface area contributed by atoms with Gasteiger partial charge in [0, 0.05) is 6.07 Å². The Morgan fingerprint density at radius 3 is 2.40 bits per heavy atom. The number of aryl methyl sites for hydroxylation is 1. The summed E-state index contributed by atoms with van der Waals surface area (Å²) in [6.07, 6.45) is 0. The van der Waals surface area contributed by atoms with Crippen LogP contribution in [0.3, 0.4) is 0 Å². The molecule has 0 unspecified atom stereocenters. The number of phenols is 1. The number of benzene rings is 3. The highest BCUT2D eigenvalue weighted by atomic mass is 16.5. The molecule has 0 aliphatic heterocycles. The zero-order valence-electron chi connectivity index (χ0n) is 14.3. The van der Waals surface area contributed by atoms with Crippen molar-refractivity contribution >= 4 is 11.4 Å². The van der Waals surface area contributed by atoms with Gasteiger partial charge in [0.15, 0.2) is 0 Å². The first-order chi connectivity index (χ1) is 12.1. The Hall–Kier alpha value is -3.14. The molecule has 0 aliphatic rings. The van der Waals surface area contributed by atoms with Gasteiger partial charge in [-0.1, -0.05) is 42.5 Å². The summed E-state index contributed by atoms with van der Waals surface area (Å²) in [6.45, 7) is 4.49. The van der Waals surface area contributed by atoms with Crippen LogP contribution in [0.15, 0.2) is 77.0 Å². The quantitative estimate of drug-likeness (QED) is 0.582. The molecule has 4 nitrogen and oxygen atoms in total. The van der Waals surface area contributed by atoms with Crippen LogP contribution >= 0.6 is 0 Å². The minimum Gasteiger partial charge on any atom is -0.506 e. The Labute approximate surface area is 147 Å². The van der Waals surface area contributed by atoms with Gasteiger partial charge in [0.2, 0.25) is 0 Å². The maximum absolute atomic E-state index is 10.0. The summed E-state index contributed by atoms with van der Waals surface area (Å²) in [5, 5.41) is 18.5. The molecular formula is C21H20N2O2. The molecule has 126 valence electrons. The van der Waals surface area contributed by atoms with Crippen LogP contribution in [0.25, 0.3) is 0 Å². The zero-order valence-corrected chi connectivity index (χ0v) is 14.3. The van der Waals surface area contributed by atoms with Crippen LogP contribution in [0.4, 0.5) is 11.4 Å². The summed E-state index contributed by atoms with van der Waals surface area (Å²) < 4.78 is 5.77. The van der Waals surface area contributed by atoms with Crippen LogP contribution in [0.2, 0.25) is 0 Å². The average molecular weight is 332 g/mol. The van der Waals surface area contributed by atoms with E-state index in [1.807, 2.05) is 62.4 Å². The Kier molecular flexibility index (Phi) is 5.09. The summed E-state index contributed by atoms with van der Waals surface area (Å²) >= 11 is 0. The molecule has 0 aromatic heterocycles. The molecule has 4 heteroatoms. The number of hydrogen-bond donors (Lipinski definition) is 1. The second-order valence-electron chi connectivity index (χ2n) is 5.84. The Balaban J connectivity index is 1.77. The highest BCUT2D eigenvalue weighted by Crippen LogP contribution is 2.33. The maximum Gasteiger partial charge on any atom is 0.143 e. The van der Waals surface area contributed by atoms with Gasteiger partial charge >= 0.3 is 0 Å². The lowest BCUT2D eigenvalue weighted by Gasteiger charge is -2.08. The summed E-state index contributed by atoms with van der Waals surface area (Å²) in [5.74, 6) is 0.706. The largest absolute Gasteiger partial charge is 0.506 e. The Morgan fingerprint density at radius 1 is 0.840 bits per heavy atom. The Bertz CT molecular complexity index is 890. The smallest absolute Gasteiger partial charge is 0.143 e. The van der Waals surface area contributed by atoms with E-state index in [-0.39, 0.29) is 5.75 Å². The van der Waals surface area contributed by atoms with E-state index in [0.29, 0.717) is 18.0 Å². The maximum atomic E-state index is 10.0. The van der Waals surface area contributed by atoms with E-state index in [4.69, 9.17) is 4.74 Å². The highest BCUT2D eigenvalue weighted by molar-refractivity contribution is 5.55. The molecule has 0 bridgehead atoms. The van der Waals surface area contributed by atoms with E-state index in [1.165, 1.54) is 0 Å². The molecule has 0 atom stereocenters. The van der Waals surface area contributed by atoms with Gasteiger partial charge in [-0.25, -0.2) is 0 Å². The van der Waals surface area contributed by atoms with Gasteiger partial charge in [-0.05, 0) is 48.7 Å². The lowest BCUT2D eigenvalue weighted by molar-refractivity contribution is 0.306. The van der Waals surface area contributed by atoms with Crippen molar-refractivity contribution < 1.29 is 9.84 Å². The predicted molar refractivity (Wildman–Crippen MR) is 99.0 cm³/mol. The third-order valence-electron chi connectivity index (χ3n) is 4.04. The summed E-state index contributed by atoms with van der Waals surface area (Å²) in [4.78, 5) is 0. The summed E-state index contributed by atoms with van der Waals surface area (Å²) in [7, 11) is 0. The van der Waals surface area contributed by atoms with Crippen molar-refractivity contribution in [3.05, 3.63) is 83.4 Å². The molecule has 3 aromatic carbocycles. The van der Waals surface area contributed by atoms with E-state index in [0.717, 1.165) is 22.4 Å². The van der Waals surface area contributed by atoms with E-state index in [2.05, 4.69) is 10.2 Å². The summed E-state index contributed by atoms with van der Waals surface area (Å²) in [5.41, 5.74) is 4.47. The molecule has 0 saturated carbocycles. The van der Waals surface area contributed by atoms with E-state index in [9.17, 15) is 5.11 Å². The fourth-order valence-electron chi connectivity index (χ4n) is 2.37. The normalized spacial score (nSPS) is 11.0. The van der Waals surface area contributed by atoms with Crippen LogP contribution < -0.4 is 4.74 Å². The fraction of sp³-hybridized carbons (Fsp3) is 0.143. The minimum atomic E-state index is 0.0705. The number of ether oxygens (including phenoxy) is 1. The number of phenolic OH excluding ortho intramolecular Hbond substituents is 1. The van der Waals surface area contributed by atoms with Crippen molar-refractivity contribution in [3.8, 4) is 11.5 Å². The van der Waals surface area contributed by atoms with Gasteiger partial charge in [-0.3, -0.25) is 0 Å². The van der Waals surface area contributed by atoms with Crippen LogP contribution in [0.1, 0.15) is 16.7 Å². The molecular weight excluding hydrogens is 312 g/mol. The standard InChI is InChI=1S/C21H20N2O2/c1-15-7-6-10-19(16(15)2)22-23-20-13-18(11-12-21(20)24)25-14-17-8-4-3-5-9-17/h3-13,24H,14H2,1-2H3. The molecule has 0 aliphatic carbocycles. The molecule has 0 heterocycles. The van der Waals surface area contributed by atoms with Gasteiger partial charge in [0.1, 0.15) is 23.8 Å². The predicted octanol–water partition coefficient (Wildman–Crippen LogP) is 6.00. The number of azo groups is 1. The first-order valence-electron chi connectivity index (χ1n) is 8.11. The van der Waals surface area contributed by atoms with Gasteiger partial charge in [0.05, 0.1) is 5.69 Å². The van der Waals surface area contributed by atoms with Crippen molar-refractivity contribution in [2.75, 3.05) is 0 Å². The fourth-order valence-corrected chi connectivity index (χ4v) is 2.37. The molecule has 0 fully saturated rings. The second-order valence-corrected chi connectivity index (χ2v) is 5.84. The molecule has 25 heavy (non-hydrogen) atoms. The minimum absolute atomic E-state index is 0.0705. The van der Waals surface area contributed by atoms with E-state index >= 15 is 0 Å². The number of nitrogens with zero attached hydrogens (tertiary/aromatic N) is 2. The molecule has 3 aromatic rings. The van der Waals surface area contributed by atoms with Gasteiger partial charge < -0.3 is 9.84 Å². The third-order valence-corrected chi connectivity index (χ3v) is 4.04. The molecule has 0 saturated heterocycles. The topological polar surface area (TPSA) is 54.2 Å². The van der Waals surface area contributed by atoms with E-state index in [1.54, 1.807) is 18.2 Å². The van der Waals surface area contributed by atoms with Crippen LogP contribution in [-0.2, 0) is 6.61 Å². The van der Waals surface area contributed by atoms with Crippen LogP contribution in [0, 0.1) is 13.8 Å². The van der Waals surface area contributed by atoms with Crippen molar-refractivity contribution in [2.45, 2.75) is 20.5 Å². The van der Waals surface area contributed by atoms with Crippen molar-refractivity contribution in [1.82, 2.24) is 0 Å². The number of rotatable bonds is 5. The van der Waals surface area contributed by atoms with Crippen LogP contribution in [0.5, 0.6) is 11.5 Å². The van der Waals surface area contributed by atoms with Gasteiger partial charge in [-0.15, -0.1) is 5.11 Å². The molecule has 0 spiro atoms. The van der Waals surface area contributed by atoms with Crippen molar-refractivity contribution in [2.24, 2.45) is 10.2 Å². The highest BCUT2D eigenvalue weighted by Gasteiger charge is 2.05. The first kappa shape index (κ1) is 16.7. The van der Waals surface area contributed by atoms with Crippen molar-refractivity contribution in [1.29, 1.82) is 0 Å². The summed E-state index contributed by atoms with van der Waals surface area (Å²) in [6, 6.07) is 20.8. The van der Waals surface area contributed by atoms with Crippen molar-refractivity contribution in [3.63, 3.8) is 0 Å². The number of aromatic hydroxyl groups is 1. The lowest BCUT2D eigenvalue weighted by Crippen LogP contribution is -1.94. The lowest BCUT2D eigenvalue weighted by atomic mass is 10.1. The molecule has 1 N–H and O–H groups in total. The van der Waals surface area contributed by atoms with Gasteiger partial charge in [-0.2, -0.15) is 5.11 Å². The van der Waals surface area contributed by atoms with E-state index < -0.39 is 0 Å². The van der Waals surface area contributed by atoms with Gasteiger partial charge in [0.25, 0.3) is 0 Å². The SMILES string of the molecule is Cc1cccc(N=Nc2cc(OCc3ccccc3)ccc2O)c1C. The first-order valence-corrected chi connectivity index (χ1v) is 8.11. The molecule has 0 radical (unpaired) electrons. The van der Waals surface area contributed by atoms with Crippen LogP contribution in [-0.4, -0.2) is 5.11 Å². The monoisotopic (exact) mass is 332 g/mol. The molecule has 0 amide bonds. The average Bonchev–Trinajstić information content (AvgIpc) is 2.64. The third kappa shape index (κ3) is 4.23. The Morgan fingerprint density at radius 2 is 1.60 bits per heavy atom. The second kappa shape index (κ2) is 7.62. The zero-order chi connectivity index (χ0) is 17.6. The number of hydrogen-bond acceptors (Lipinski definition) is 4. The molecule has 3 rings (SSSR count).